The van der Waals surface area contributed by atoms with Crippen molar-refractivity contribution in [2.75, 3.05) is 18.4 Å². The fraction of sp³-hybridized carbons (Fsp3) is 0.364. The molecule has 0 radical (unpaired) electrons. The van der Waals surface area contributed by atoms with Gasteiger partial charge in [0.05, 0.1) is 6.54 Å². The van der Waals surface area contributed by atoms with Gasteiger partial charge in [-0.15, -0.1) is 10.2 Å². The Hall–Kier alpha value is -3.47. The third kappa shape index (κ3) is 5.86. The van der Waals surface area contributed by atoms with Gasteiger partial charge in [0.1, 0.15) is 11.9 Å². The number of alkyl halides is 3. The van der Waals surface area contributed by atoms with Crippen LogP contribution in [0.5, 0.6) is 0 Å². The molecule has 0 aliphatic carbocycles. The molecule has 33 heavy (non-hydrogen) atoms. The molecule has 174 valence electrons. The van der Waals surface area contributed by atoms with Crippen molar-refractivity contribution >= 4 is 11.6 Å². The topological polar surface area (TPSA) is 108 Å². The highest BCUT2D eigenvalue weighted by Crippen LogP contribution is 2.30. The van der Waals surface area contributed by atoms with Crippen LogP contribution in [0.2, 0.25) is 0 Å². The van der Waals surface area contributed by atoms with Crippen molar-refractivity contribution in [2.24, 2.45) is 5.92 Å². The molecule has 11 heteroatoms. The molecular formula is C22H24F3N7O. The van der Waals surface area contributed by atoms with Gasteiger partial charge in [-0.1, -0.05) is 6.07 Å². The molecule has 4 N–H and O–H groups in total. The molecule has 1 aromatic carbocycles. The zero-order valence-corrected chi connectivity index (χ0v) is 17.7. The number of hydrogen-bond donors (Lipinski definition) is 4. The number of carbonyl (C=O) groups is 1. The Morgan fingerprint density at radius 1 is 1.15 bits per heavy atom. The molecular weight excluding hydrogens is 435 g/mol. The SMILES string of the molecule is O=C(NCC1CCCNC1C(F)(F)F)c1cccc(NCc2nnc(-c3ccncc3)[nH]2)c1. The molecule has 4 rings (SSSR count). The van der Waals surface area contributed by atoms with Crippen LogP contribution >= 0.6 is 0 Å². The Balaban J connectivity index is 1.33. The number of carbonyl (C=O) groups excluding carboxylic acids is 1. The van der Waals surface area contributed by atoms with E-state index in [-0.39, 0.29) is 6.54 Å². The highest BCUT2D eigenvalue weighted by molar-refractivity contribution is 5.95. The van der Waals surface area contributed by atoms with Crippen LogP contribution in [-0.4, -0.2) is 51.4 Å². The first-order valence-corrected chi connectivity index (χ1v) is 10.6. The number of nitrogens with one attached hydrogen (secondary N) is 4. The number of halogens is 3. The summed E-state index contributed by atoms with van der Waals surface area (Å²) in [4.78, 5) is 19.6. The predicted molar refractivity (Wildman–Crippen MR) is 116 cm³/mol. The molecule has 8 nitrogen and oxygen atoms in total. The molecule has 1 aliphatic heterocycles. The number of piperidine rings is 1. The summed E-state index contributed by atoms with van der Waals surface area (Å²) in [5.74, 6) is 0.131. The van der Waals surface area contributed by atoms with Gasteiger partial charge >= 0.3 is 6.18 Å². The number of amides is 1. The highest BCUT2D eigenvalue weighted by Gasteiger charge is 2.45. The van der Waals surface area contributed by atoms with Crippen molar-refractivity contribution < 1.29 is 18.0 Å². The van der Waals surface area contributed by atoms with Gasteiger partial charge < -0.3 is 20.9 Å². The molecule has 1 saturated heterocycles. The van der Waals surface area contributed by atoms with Crippen LogP contribution in [-0.2, 0) is 6.54 Å². The highest BCUT2D eigenvalue weighted by atomic mass is 19.4. The van der Waals surface area contributed by atoms with Crippen LogP contribution in [0.15, 0.2) is 48.8 Å². The van der Waals surface area contributed by atoms with Crippen molar-refractivity contribution in [1.29, 1.82) is 0 Å². The fourth-order valence-electron chi connectivity index (χ4n) is 3.86. The van der Waals surface area contributed by atoms with Crippen LogP contribution in [0.25, 0.3) is 11.4 Å². The zero-order valence-electron chi connectivity index (χ0n) is 17.7. The Bertz CT molecular complexity index is 1070. The van der Waals surface area contributed by atoms with Gasteiger partial charge in [-0.3, -0.25) is 9.78 Å². The molecule has 0 saturated carbocycles. The Labute approximate surface area is 188 Å². The van der Waals surface area contributed by atoms with E-state index in [0.717, 1.165) is 5.56 Å². The number of nitrogens with zero attached hydrogens (tertiary/aromatic N) is 3. The molecule has 1 amide bonds. The van der Waals surface area contributed by atoms with Gasteiger partial charge in [0.25, 0.3) is 5.91 Å². The minimum atomic E-state index is -4.34. The van der Waals surface area contributed by atoms with Gasteiger partial charge in [0.15, 0.2) is 5.82 Å². The molecule has 0 bridgehead atoms. The Morgan fingerprint density at radius 2 is 1.97 bits per heavy atom. The Morgan fingerprint density at radius 3 is 2.76 bits per heavy atom. The number of benzene rings is 1. The number of aromatic nitrogens is 4. The van der Waals surface area contributed by atoms with Crippen molar-refractivity contribution in [1.82, 2.24) is 30.8 Å². The largest absolute Gasteiger partial charge is 0.404 e. The van der Waals surface area contributed by atoms with Gasteiger partial charge in [0.2, 0.25) is 0 Å². The van der Waals surface area contributed by atoms with Crippen molar-refractivity contribution in [3.05, 3.63) is 60.2 Å². The quantitative estimate of drug-likeness (QED) is 0.433. The first kappa shape index (κ1) is 22.7. The minimum Gasteiger partial charge on any atom is -0.378 e. The summed E-state index contributed by atoms with van der Waals surface area (Å²) in [6.45, 7) is 0.644. The van der Waals surface area contributed by atoms with E-state index in [4.69, 9.17) is 0 Å². The van der Waals surface area contributed by atoms with E-state index in [9.17, 15) is 18.0 Å². The molecule has 1 fully saturated rings. The maximum absolute atomic E-state index is 13.2. The van der Waals surface area contributed by atoms with Gasteiger partial charge in [0, 0.05) is 41.7 Å². The van der Waals surface area contributed by atoms with Crippen molar-refractivity contribution in [3.63, 3.8) is 0 Å². The molecule has 2 unspecified atom stereocenters. The number of H-pyrrole nitrogens is 1. The first-order valence-electron chi connectivity index (χ1n) is 10.6. The van der Waals surface area contributed by atoms with Crippen LogP contribution in [0.4, 0.5) is 18.9 Å². The first-order chi connectivity index (χ1) is 15.9. The normalized spacial score (nSPS) is 18.6. The van der Waals surface area contributed by atoms with Crippen LogP contribution in [0.1, 0.15) is 29.0 Å². The van der Waals surface area contributed by atoms with Gasteiger partial charge in [-0.25, -0.2) is 0 Å². The second-order valence-electron chi connectivity index (χ2n) is 7.88. The second-order valence-corrected chi connectivity index (χ2v) is 7.88. The maximum atomic E-state index is 13.2. The predicted octanol–water partition coefficient (Wildman–Crippen LogP) is 3.14. The summed E-state index contributed by atoms with van der Waals surface area (Å²) in [6, 6.07) is 8.81. The van der Waals surface area contributed by atoms with E-state index in [2.05, 4.69) is 36.1 Å². The average molecular weight is 459 g/mol. The third-order valence-corrected chi connectivity index (χ3v) is 5.54. The Kier molecular flexibility index (Phi) is 6.87. The van der Waals surface area contributed by atoms with E-state index in [1.54, 1.807) is 36.7 Å². The van der Waals surface area contributed by atoms with E-state index in [0.29, 0.717) is 48.8 Å². The number of hydrogen-bond acceptors (Lipinski definition) is 6. The van der Waals surface area contributed by atoms with Gasteiger partial charge in [-0.05, 0) is 49.7 Å². The summed E-state index contributed by atoms with van der Waals surface area (Å²) in [6.07, 6.45) is 0.0626. The number of rotatable bonds is 7. The lowest BCUT2D eigenvalue weighted by atomic mass is 9.90. The van der Waals surface area contributed by atoms with Gasteiger partial charge in [-0.2, -0.15) is 13.2 Å². The zero-order chi connectivity index (χ0) is 23.3. The number of anilines is 1. The van der Waals surface area contributed by atoms with Crippen LogP contribution in [0.3, 0.4) is 0 Å². The molecule has 3 heterocycles. The monoisotopic (exact) mass is 459 g/mol. The van der Waals surface area contributed by atoms with Crippen molar-refractivity contribution in [3.8, 4) is 11.4 Å². The smallest absolute Gasteiger partial charge is 0.378 e. The summed E-state index contributed by atoms with van der Waals surface area (Å²) < 4.78 is 39.6. The molecule has 3 aromatic rings. The fourth-order valence-corrected chi connectivity index (χ4v) is 3.86. The maximum Gasteiger partial charge on any atom is 0.404 e. The average Bonchev–Trinajstić information content (AvgIpc) is 3.31. The third-order valence-electron chi connectivity index (χ3n) is 5.54. The number of aromatic amines is 1. The standard InChI is InChI=1S/C22H24F3N7O/c23-22(24,25)19-16(4-2-8-27-19)12-29-21(33)15-3-1-5-17(11-15)28-13-18-30-20(32-31-18)14-6-9-26-10-7-14/h1,3,5-7,9-11,16,19,27-28H,2,4,8,12-13H2,(H,29,33)(H,30,31,32). The summed E-state index contributed by atoms with van der Waals surface area (Å²) in [5.41, 5.74) is 1.91. The van der Waals surface area contributed by atoms with E-state index in [1.165, 1.54) is 0 Å². The second kappa shape index (κ2) is 9.99. The lowest BCUT2D eigenvalue weighted by molar-refractivity contribution is -0.171. The molecule has 2 atom stereocenters. The summed E-state index contributed by atoms with van der Waals surface area (Å²) in [5, 5.41) is 16.6. The molecule has 2 aromatic heterocycles. The van der Waals surface area contributed by atoms with E-state index >= 15 is 0 Å². The molecule has 1 aliphatic rings. The van der Waals surface area contributed by atoms with Crippen molar-refractivity contribution in [2.45, 2.75) is 31.6 Å². The lowest BCUT2D eigenvalue weighted by Gasteiger charge is -2.34. The van der Waals surface area contributed by atoms with Crippen LogP contribution in [0, 0.1) is 5.92 Å². The minimum absolute atomic E-state index is 0.0382. The van der Waals surface area contributed by atoms with E-state index in [1.807, 2.05) is 12.1 Å². The summed E-state index contributed by atoms with van der Waals surface area (Å²) >= 11 is 0. The lowest BCUT2D eigenvalue weighted by Crippen LogP contribution is -2.53. The number of pyridine rings is 1. The molecule has 0 spiro atoms. The summed E-state index contributed by atoms with van der Waals surface area (Å²) in [7, 11) is 0. The van der Waals surface area contributed by atoms with E-state index < -0.39 is 24.0 Å². The van der Waals surface area contributed by atoms with Crippen LogP contribution < -0.4 is 16.0 Å².